The summed E-state index contributed by atoms with van der Waals surface area (Å²) in [7, 11) is 0. The van der Waals surface area contributed by atoms with E-state index in [-0.39, 0.29) is 17.7 Å². The molecule has 0 aromatic rings. The van der Waals surface area contributed by atoms with E-state index >= 15 is 0 Å². The normalized spacial score (nSPS) is 33.9. The Morgan fingerprint density at radius 3 is 2.85 bits per heavy atom. The number of halogens is 2. The van der Waals surface area contributed by atoms with E-state index in [4.69, 9.17) is 0 Å². The molecule has 2 fully saturated rings. The SMILES string of the molecule is OC[C@@]12CCCN1CC(=C(F)F)C2. The first kappa shape index (κ1) is 9.09. The van der Waals surface area contributed by atoms with Crippen LogP contribution in [0.25, 0.3) is 0 Å². The predicted molar refractivity (Wildman–Crippen MR) is 44.5 cm³/mol. The zero-order valence-corrected chi connectivity index (χ0v) is 7.39. The summed E-state index contributed by atoms with van der Waals surface area (Å²) in [5, 5.41) is 9.22. The van der Waals surface area contributed by atoms with Crippen molar-refractivity contribution in [2.24, 2.45) is 0 Å². The Morgan fingerprint density at radius 2 is 2.31 bits per heavy atom. The molecule has 0 aromatic carbocycles. The van der Waals surface area contributed by atoms with E-state index in [1.807, 2.05) is 4.90 Å². The van der Waals surface area contributed by atoms with Crippen molar-refractivity contribution in [2.45, 2.75) is 24.8 Å². The number of rotatable bonds is 1. The number of fused-ring (bicyclic) bond motifs is 1. The van der Waals surface area contributed by atoms with Crippen molar-refractivity contribution in [3.05, 3.63) is 11.7 Å². The summed E-state index contributed by atoms with van der Waals surface area (Å²) in [5.74, 6) is 0. The third-order valence-corrected chi connectivity index (χ3v) is 3.23. The molecule has 13 heavy (non-hydrogen) atoms. The highest BCUT2D eigenvalue weighted by Crippen LogP contribution is 2.42. The highest BCUT2D eigenvalue weighted by atomic mass is 19.3. The van der Waals surface area contributed by atoms with E-state index in [0.29, 0.717) is 13.0 Å². The monoisotopic (exact) mass is 189 g/mol. The van der Waals surface area contributed by atoms with Gasteiger partial charge in [0.05, 0.1) is 6.61 Å². The molecule has 74 valence electrons. The minimum Gasteiger partial charge on any atom is -0.394 e. The second-order valence-electron chi connectivity index (χ2n) is 3.95. The van der Waals surface area contributed by atoms with Gasteiger partial charge in [0, 0.05) is 17.7 Å². The summed E-state index contributed by atoms with van der Waals surface area (Å²) < 4.78 is 24.6. The van der Waals surface area contributed by atoms with E-state index in [9.17, 15) is 13.9 Å². The van der Waals surface area contributed by atoms with E-state index in [2.05, 4.69) is 0 Å². The maximum atomic E-state index is 12.3. The van der Waals surface area contributed by atoms with Crippen LogP contribution in [-0.2, 0) is 0 Å². The molecular formula is C9H13F2NO. The lowest BCUT2D eigenvalue weighted by Crippen LogP contribution is -2.41. The van der Waals surface area contributed by atoms with Crippen molar-refractivity contribution < 1.29 is 13.9 Å². The maximum Gasteiger partial charge on any atom is 0.270 e. The summed E-state index contributed by atoms with van der Waals surface area (Å²) >= 11 is 0. The van der Waals surface area contributed by atoms with Gasteiger partial charge in [0.2, 0.25) is 0 Å². The first-order valence-corrected chi connectivity index (χ1v) is 4.57. The molecule has 0 aliphatic carbocycles. The lowest BCUT2D eigenvalue weighted by Gasteiger charge is -2.28. The molecule has 0 aromatic heterocycles. The van der Waals surface area contributed by atoms with Crippen LogP contribution in [-0.4, -0.2) is 35.2 Å². The second-order valence-corrected chi connectivity index (χ2v) is 3.95. The van der Waals surface area contributed by atoms with Gasteiger partial charge in [-0.3, -0.25) is 4.90 Å². The Bertz CT molecular complexity index is 250. The Balaban J connectivity index is 2.23. The smallest absolute Gasteiger partial charge is 0.270 e. The van der Waals surface area contributed by atoms with Crippen LogP contribution in [0.5, 0.6) is 0 Å². The van der Waals surface area contributed by atoms with Crippen molar-refractivity contribution in [3.63, 3.8) is 0 Å². The molecule has 0 saturated carbocycles. The molecule has 4 heteroatoms. The van der Waals surface area contributed by atoms with Crippen LogP contribution < -0.4 is 0 Å². The Hall–Kier alpha value is -0.480. The van der Waals surface area contributed by atoms with Gasteiger partial charge in [-0.05, 0) is 25.8 Å². The van der Waals surface area contributed by atoms with Gasteiger partial charge in [0.15, 0.2) is 0 Å². The molecule has 0 unspecified atom stereocenters. The van der Waals surface area contributed by atoms with Gasteiger partial charge in [-0.1, -0.05) is 0 Å². The number of hydrogen-bond acceptors (Lipinski definition) is 2. The fraction of sp³-hybridized carbons (Fsp3) is 0.778. The molecule has 0 spiro atoms. The summed E-state index contributed by atoms with van der Waals surface area (Å²) in [4.78, 5) is 1.99. The lowest BCUT2D eigenvalue weighted by molar-refractivity contribution is 0.0999. The van der Waals surface area contributed by atoms with Crippen LogP contribution >= 0.6 is 0 Å². The summed E-state index contributed by atoms with van der Waals surface area (Å²) in [6.45, 7) is 1.20. The van der Waals surface area contributed by atoms with E-state index in [1.54, 1.807) is 0 Å². The van der Waals surface area contributed by atoms with E-state index < -0.39 is 6.08 Å². The van der Waals surface area contributed by atoms with Gasteiger partial charge in [0.25, 0.3) is 6.08 Å². The summed E-state index contributed by atoms with van der Waals surface area (Å²) in [5.41, 5.74) is -0.132. The van der Waals surface area contributed by atoms with Gasteiger partial charge in [-0.2, -0.15) is 8.78 Å². The fourth-order valence-electron chi connectivity index (χ4n) is 2.49. The molecule has 0 bridgehead atoms. The Labute approximate surface area is 75.8 Å². The van der Waals surface area contributed by atoms with Crippen LogP contribution in [0.4, 0.5) is 8.78 Å². The largest absolute Gasteiger partial charge is 0.394 e. The Kier molecular flexibility index (Phi) is 2.12. The second kappa shape index (κ2) is 3.03. The molecule has 2 saturated heterocycles. The van der Waals surface area contributed by atoms with Gasteiger partial charge in [-0.25, -0.2) is 0 Å². The number of nitrogens with zero attached hydrogens (tertiary/aromatic N) is 1. The molecule has 2 aliphatic rings. The van der Waals surface area contributed by atoms with Gasteiger partial charge >= 0.3 is 0 Å². The minimum atomic E-state index is -1.55. The van der Waals surface area contributed by atoms with Crippen molar-refractivity contribution in [1.29, 1.82) is 0 Å². The lowest BCUT2D eigenvalue weighted by atomic mass is 9.94. The molecule has 2 nitrogen and oxygen atoms in total. The molecule has 0 amide bonds. The zero-order valence-electron chi connectivity index (χ0n) is 7.39. The van der Waals surface area contributed by atoms with Crippen LogP contribution in [0.2, 0.25) is 0 Å². The van der Waals surface area contributed by atoms with E-state index in [0.717, 1.165) is 19.4 Å². The first-order chi connectivity index (χ1) is 6.18. The average Bonchev–Trinajstić information content (AvgIpc) is 2.58. The fourth-order valence-corrected chi connectivity index (χ4v) is 2.49. The average molecular weight is 189 g/mol. The molecule has 1 atom stereocenters. The van der Waals surface area contributed by atoms with Crippen molar-refractivity contribution >= 4 is 0 Å². The number of aliphatic hydroxyl groups is 1. The topological polar surface area (TPSA) is 23.5 Å². The van der Waals surface area contributed by atoms with Crippen LogP contribution in [0.1, 0.15) is 19.3 Å². The minimum absolute atomic E-state index is 0.00375. The maximum absolute atomic E-state index is 12.3. The van der Waals surface area contributed by atoms with Gasteiger partial charge < -0.3 is 5.11 Å². The van der Waals surface area contributed by atoms with Crippen LogP contribution in [0.3, 0.4) is 0 Å². The standard InChI is InChI=1S/C9H13F2NO/c10-8(11)7-4-9(6-13)2-1-3-12(9)5-7/h13H,1-6H2/t9-/m0/s1. The molecule has 2 heterocycles. The summed E-state index contributed by atoms with van der Waals surface area (Å²) in [6, 6.07) is 0. The summed E-state index contributed by atoms with van der Waals surface area (Å²) in [6.07, 6.45) is 0.663. The Morgan fingerprint density at radius 1 is 1.54 bits per heavy atom. The highest BCUT2D eigenvalue weighted by molar-refractivity contribution is 5.20. The predicted octanol–water partition coefficient (Wildman–Crippen LogP) is 1.37. The van der Waals surface area contributed by atoms with Crippen molar-refractivity contribution in [2.75, 3.05) is 19.7 Å². The molecule has 0 radical (unpaired) electrons. The zero-order chi connectivity index (χ0) is 9.47. The van der Waals surface area contributed by atoms with Crippen LogP contribution in [0, 0.1) is 0 Å². The number of hydrogen-bond donors (Lipinski definition) is 1. The molecular weight excluding hydrogens is 176 g/mol. The third-order valence-electron chi connectivity index (χ3n) is 3.23. The highest BCUT2D eigenvalue weighted by Gasteiger charge is 2.46. The van der Waals surface area contributed by atoms with Gasteiger partial charge in [-0.15, -0.1) is 0 Å². The van der Waals surface area contributed by atoms with Crippen molar-refractivity contribution in [1.82, 2.24) is 4.90 Å². The quantitative estimate of drug-likeness (QED) is 0.673. The molecule has 2 rings (SSSR count). The molecule has 1 N–H and O–H groups in total. The molecule has 2 aliphatic heterocycles. The van der Waals surface area contributed by atoms with E-state index in [1.165, 1.54) is 0 Å². The first-order valence-electron chi connectivity index (χ1n) is 4.57. The van der Waals surface area contributed by atoms with Gasteiger partial charge in [0.1, 0.15) is 0 Å². The van der Waals surface area contributed by atoms with Crippen LogP contribution in [0.15, 0.2) is 11.7 Å². The van der Waals surface area contributed by atoms with Crippen molar-refractivity contribution in [3.8, 4) is 0 Å². The number of aliphatic hydroxyl groups excluding tert-OH is 1. The third kappa shape index (κ3) is 1.28.